The first-order valence-corrected chi connectivity index (χ1v) is 13.6. The molecule has 2 amide bonds. The Hall–Kier alpha value is -2.63. The van der Waals surface area contributed by atoms with Crippen LogP contribution in [0.3, 0.4) is 0 Å². The molecule has 1 saturated carbocycles. The van der Waals surface area contributed by atoms with Crippen molar-refractivity contribution < 1.29 is 9.59 Å². The molecule has 1 aliphatic carbocycles. The number of rotatable bonds is 4. The lowest BCUT2D eigenvalue weighted by Gasteiger charge is -2.35. The van der Waals surface area contributed by atoms with Gasteiger partial charge in [-0.2, -0.15) is 0 Å². The van der Waals surface area contributed by atoms with Crippen LogP contribution in [0.4, 0.5) is 0 Å². The summed E-state index contributed by atoms with van der Waals surface area (Å²) in [6.45, 7) is 2.65. The van der Waals surface area contributed by atoms with E-state index in [1.807, 2.05) is 40.1 Å². The van der Waals surface area contributed by atoms with Gasteiger partial charge in [-0.3, -0.25) is 14.6 Å². The van der Waals surface area contributed by atoms with Crippen LogP contribution in [0.2, 0.25) is 10.0 Å². The van der Waals surface area contributed by atoms with E-state index in [0.717, 1.165) is 59.2 Å². The number of carbonyl (C=O) groups excluding carboxylic acids is 2. The molecule has 36 heavy (non-hydrogen) atoms. The minimum atomic E-state index is 0.0619. The first kappa shape index (κ1) is 23.7. The van der Waals surface area contributed by atoms with E-state index in [1.54, 1.807) is 12.1 Å². The van der Waals surface area contributed by atoms with Crippen molar-refractivity contribution in [2.45, 2.75) is 51.5 Å². The molecule has 2 aromatic carbocycles. The number of aryl methyl sites for hydroxylation is 1. The van der Waals surface area contributed by atoms with Crippen molar-refractivity contribution in [1.82, 2.24) is 14.8 Å². The average molecular weight is 522 g/mol. The van der Waals surface area contributed by atoms with Crippen LogP contribution >= 0.6 is 23.2 Å². The topological polar surface area (TPSA) is 53.5 Å². The zero-order valence-electron chi connectivity index (χ0n) is 20.2. The minimum Gasteiger partial charge on any atom is -0.339 e. The number of amides is 2. The number of likely N-dealkylation sites (tertiary alicyclic amines) is 1. The van der Waals surface area contributed by atoms with Gasteiger partial charge in [-0.25, -0.2) is 0 Å². The monoisotopic (exact) mass is 521 g/mol. The highest BCUT2D eigenvalue weighted by atomic mass is 35.5. The van der Waals surface area contributed by atoms with Crippen molar-refractivity contribution in [1.29, 1.82) is 0 Å². The second-order valence-corrected chi connectivity index (χ2v) is 11.4. The highest BCUT2D eigenvalue weighted by Crippen LogP contribution is 2.53. The molecule has 3 aliphatic rings. The van der Waals surface area contributed by atoms with Crippen LogP contribution < -0.4 is 0 Å². The summed E-state index contributed by atoms with van der Waals surface area (Å²) >= 11 is 12.3. The van der Waals surface area contributed by atoms with Crippen molar-refractivity contribution in [3.63, 3.8) is 0 Å². The smallest absolute Gasteiger partial charge is 0.254 e. The Kier molecular flexibility index (Phi) is 6.17. The van der Waals surface area contributed by atoms with Crippen LogP contribution in [0, 0.1) is 5.41 Å². The Balaban J connectivity index is 1.26. The Labute approximate surface area is 221 Å². The van der Waals surface area contributed by atoms with E-state index in [9.17, 15) is 9.59 Å². The van der Waals surface area contributed by atoms with E-state index in [0.29, 0.717) is 47.8 Å². The van der Waals surface area contributed by atoms with Crippen LogP contribution in [0.1, 0.15) is 59.3 Å². The first-order chi connectivity index (χ1) is 17.4. The van der Waals surface area contributed by atoms with Crippen LogP contribution in [0.25, 0.3) is 10.9 Å². The van der Waals surface area contributed by atoms with Crippen molar-refractivity contribution in [3.8, 4) is 0 Å². The number of aromatic nitrogens is 1. The van der Waals surface area contributed by atoms with Gasteiger partial charge in [0.15, 0.2) is 0 Å². The molecule has 6 rings (SSSR count). The molecule has 186 valence electrons. The molecule has 2 fully saturated rings. The molecule has 0 radical (unpaired) electrons. The number of carbonyl (C=O) groups is 2. The molecule has 7 heteroatoms. The number of para-hydroxylation sites is 1. The number of piperidine rings is 1. The fourth-order valence-electron chi connectivity index (χ4n) is 5.79. The first-order valence-electron chi connectivity index (χ1n) is 12.8. The summed E-state index contributed by atoms with van der Waals surface area (Å²) in [5, 5.41) is 2.05. The number of hydrogen-bond acceptors (Lipinski definition) is 3. The fraction of sp³-hybridized carbons (Fsp3) is 0.414. The second kappa shape index (κ2) is 9.35. The Morgan fingerprint density at radius 3 is 2.47 bits per heavy atom. The van der Waals surface area contributed by atoms with E-state index in [-0.39, 0.29) is 11.8 Å². The summed E-state index contributed by atoms with van der Waals surface area (Å²) in [7, 11) is 0. The summed E-state index contributed by atoms with van der Waals surface area (Å²) < 4.78 is 0. The van der Waals surface area contributed by atoms with Gasteiger partial charge >= 0.3 is 0 Å². The van der Waals surface area contributed by atoms with Gasteiger partial charge in [-0.15, -0.1) is 0 Å². The number of nitrogens with zero attached hydrogens (tertiary/aromatic N) is 3. The molecule has 1 saturated heterocycles. The molecule has 0 bridgehead atoms. The van der Waals surface area contributed by atoms with Crippen molar-refractivity contribution in [2.24, 2.45) is 5.41 Å². The standard InChI is InChI=1S/C29H29Cl2N3O2/c30-20-7-5-19(23(31)17-20)6-8-26(35)34-14-9-25-22(18-34)27(21-3-1-2-4-24(21)32-25)28(36)33-15-12-29(10-11-29)13-16-33/h1-5,7,17H,6,8-16,18H2. The van der Waals surface area contributed by atoms with Crippen LogP contribution in [0.5, 0.6) is 0 Å². The van der Waals surface area contributed by atoms with Crippen LogP contribution in [-0.4, -0.2) is 46.2 Å². The van der Waals surface area contributed by atoms with Gasteiger partial charge in [0.1, 0.15) is 0 Å². The predicted octanol–water partition coefficient (Wildman–Crippen LogP) is 6.08. The van der Waals surface area contributed by atoms with Gasteiger partial charge in [0.05, 0.1) is 11.1 Å². The van der Waals surface area contributed by atoms with E-state index >= 15 is 0 Å². The number of halogens is 2. The van der Waals surface area contributed by atoms with Gasteiger partial charge in [-0.1, -0.05) is 47.5 Å². The maximum Gasteiger partial charge on any atom is 0.254 e. The lowest BCUT2D eigenvalue weighted by atomic mass is 9.91. The third-order valence-electron chi connectivity index (χ3n) is 8.30. The summed E-state index contributed by atoms with van der Waals surface area (Å²) in [6.07, 6.45) is 6.37. The largest absolute Gasteiger partial charge is 0.339 e. The number of benzene rings is 2. The Bertz CT molecular complexity index is 1360. The number of pyridine rings is 1. The molecule has 3 heterocycles. The minimum absolute atomic E-state index is 0.0619. The van der Waals surface area contributed by atoms with Gasteiger partial charge in [-0.05, 0) is 61.3 Å². The quantitative estimate of drug-likeness (QED) is 0.418. The van der Waals surface area contributed by atoms with Gasteiger partial charge in [0.2, 0.25) is 5.91 Å². The number of fused-ring (bicyclic) bond motifs is 2. The maximum atomic E-state index is 13.9. The molecule has 1 spiro atoms. The lowest BCUT2D eigenvalue weighted by Crippen LogP contribution is -2.41. The average Bonchev–Trinajstić information content (AvgIpc) is 3.64. The SMILES string of the molecule is O=C(CCc1ccc(Cl)cc1Cl)N1CCc2nc3ccccc3c(C(=O)N3CCC4(CC3)CC4)c2C1. The van der Waals surface area contributed by atoms with E-state index in [2.05, 4.69) is 0 Å². The zero-order chi connectivity index (χ0) is 24.9. The third kappa shape index (κ3) is 4.48. The Morgan fingerprint density at radius 1 is 0.944 bits per heavy atom. The highest BCUT2D eigenvalue weighted by Gasteiger charge is 2.45. The second-order valence-electron chi connectivity index (χ2n) is 10.5. The van der Waals surface area contributed by atoms with Gasteiger partial charge < -0.3 is 9.80 Å². The molecule has 1 aromatic heterocycles. The molecular formula is C29H29Cl2N3O2. The highest BCUT2D eigenvalue weighted by molar-refractivity contribution is 6.35. The summed E-state index contributed by atoms with van der Waals surface area (Å²) in [5.74, 6) is 0.148. The lowest BCUT2D eigenvalue weighted by molar-refractivity contribution is -0.132. The van der Waals surface area contributed by atoms with E-state index < -0.39 is 0 Å². The van der Waals surface area contributed by atoms with Crippen molar-refractivity contribution >= 4 is 45.9 Å². The summed E-state index contributed by atoms with van der Waals surface area (Å²) in [6, 6.07) is 13.3. The normalized spacial score (nSPS) is 18.4. The van der Waals surface area contributed by atoms with Gasteiger partial charge in [0, 0.05) is 65.7 Å². The Morgan fingerprint density at radius 2 is 1.72 bits per heavy atom. The maximum absolute atomic E-state index is 13.9. The fourth-order valence-corrected chi connectivity index (χ4v) is 6.29. The molecule has 3 aromatic rings. The van der Waals surface area contributed by atoms with E-state index in [4.69, 9.17) is 28.2 Å². The van der Waals surface area contributed by atoms with Crippen LogP contribution in [-0.2, 0) is 24.2 Å². The predicted molar refractivity (Wildman–Crippen MR) is 142 cm³/mol. The molecule has 5 nitrogen and oxygen atoms in total. The van der Waals surface area contributed by atoms with Gasteiger partial charge in [0.25, 0.3) is 5.91 Å². The molecule has 0 atom stereocenters. The molecule has 0 unspecified atom stereocenters. The van der Waals surface area contributed by atoms with E-state index in [1.165, 1.54) is 12.8 Å². The zero-order valence-corrected chi connectivity index (χ0v) is 21.7. The van der Waals surface area contributed by atoms with Crippen molar-refractivity contribution in [3.05, 3.63) is 74.9 Å². The molecule has 2 aliphatic heterocycles. The summed E-state index contributed by atoms with van der Waals surface area (Å²) in [4.78, 5) is 36.0. The summed E-state index contributed by atoms with van der Waals surface area (Å²) in [5.41, 5.74) is 4.86. The van der Waals surface area contributed by atoms with Crippen molar-refractivity contribution in [2.75, 3.05) is 19.6 Å². The molecule has 0 N–H and O–H groups in total. The number of hydrogen-bond donors (Lipinski definition) is 0. The third-order valence-corrected chi connectivity index (χ3v) is 8.89. The molecular weight excluding hydrogens is 493 g/mol. The van der Waals surface area contributed by atoms with Crippen LogP contribution in [0.15, 0.2) is 42.5 Å².